The summed E-state index contributed by atoms with van der Waals surface area (Å²) in [6.07, 6.45) is 8.06. The average molecular weight is 263 g/mol. The molecule has 1 aliphatic rings. The summed E-state index contributed by atoms with van der Waals surface area (Å²) in [5.41, 5.74) is 0.954. The summed E-state index contributed by atoms with van der Waals surface area (Å²) in [6, 6.07) is 7.46. The zero-order valence-electron chi connectivity index (χ0n) is 11.6. The predicted octanol–water partition coefficient (Wildman–Crippen LogP) is 3.22. The molecule has 19 heavy (non-hydrogen) atoms. The van der Waals surface area contributed by atoms with Crippen molar-refractivity contribution in [1.29, 1.82) is 0 Å². The van der Waals surface area contributed by atoms with Crippen LogP contribution in [0.3, 0.4) is 0 Å². The molecule has 3 nitrogen and oxygen atoms in total. The van der Waals surface area contributed by atoms with E-state index in [-0.39, 0.29) is 0 Å². The molecule has 106 valence electrons. The van der Waals surface area contributed by atoms with Crippen LogP contribution in [0.2, 0.25) is 0 Å². The summed E-state index contributed by atoms with van der Waals surface area (Å²) in [5.74, 6) is 0.369. The Hall–Kier alpha value is -1.06. The van der Waals surface area contributed by atoms with Gasteiger partial charge in [0.2, 0.25) is 0 Å². The molecule has 0 radical (unpaired) electrons. The van der Waals surface area contributed by atoms with Crippen LogP contribution < -0.4 is 5.32 Å². The van der Waals surface area contributed by atoms with Gasteiger partial charge >= 0.3 is 0 Å². The molecule has 0 bridgehead atoms. The first-order valence-electron chi connectivity index (χ1n) is 7.45. The Kier molecular flexibility index (Phi) is 6.18. The van der Waals surface area contributed by atoms with Crippen molar-refractivity contribution >= 4 is 0 Å². The largest absolute Gasteiger partial charge is 0.508 e. The third-order valence-corrected chi connectivity index (χ3v) is 3.71. The van der Waals surface area contributed by atoms with E-state index in [1.807, 2.05) is 18.2 Å². The Morgan fingerprint density at radius 1 is 1.16 bits per heavy atom. The Labute approximate surface area is 116 Å². The van der Waals surface area contributed by atoms with Gasteiger partial charge in [0.15, 0.2) is 0 Å². The summed E-state index contributed by atoms with van der Waals surface area (Å²) in [5, 5.41) is 13.0. The monoisotopic (exact) mass is 263 g/mol. The first-order chi connectivity index (χ1) is 9.36. The second-order valence-corrected chi connectivity index (χ2v) is 5.29. The molecule has 1 aliphatic carbocycles. The number of ether oxygens (including phenoxy) is 1. The molecule has 0 atom stereocenters. The van der Waals surface area contributed by atoms with Gasteiger partial charge in [0.25, 0.3) is 0 Å². The van der Waals surface area contributed by atoms with E-state index in [1.165, 1.54) is 32.1 Å². The smallest absolute Gasteiger partial charge is 0.120 e. The Morgan fingerprint density at radius 2 is 1.95 bits per heavy atom. The molecule has 0 amide bonds. The van der Waals surface area contributed by atoms with E-state index in [0.29, 0.717) is 11.9 Å². The van der Waals surface area contributed by atoms with Gasteiger partial charge in [-0.3, -0.25) is 0 Å². The number of phenols is 1. The first-order valence-corrected chi connectivity index (χ1v) is 7.45. The maximum Gasteiger partial charge on any atom is 0.120 e. The molecular formula is C16H25NO2. The van der Waals surface area contributed by atoms with Crippen molar-refractivity contribution in [3.63, 3.8) is 0 Å². The predicted molar refractivity (Wildman–Crippen MR) is 77.3 cm³/mol. The molecule has 3 heteroatoms. The van der Waals surface area contributed by atoms with E-state index in [4.69, 9.17) is 4.74 Å². The third-order valence-electron chi connectivity index (χ3n) is 3.71. The molecule has 0 unspecified atom stereocenters. The minimum Gasteiger partial charge on any atom is -0.508 e. The molecular weight excluding hydrogens is 238 g/mol. The van der Waals surface area contributed by atoms with Crippen LogP contribution in [-0.2, 0) is 11.3 Å². The van der Waals surface area contributed by atoms with Gasteiger partial charge in [-0.2, -0.15) is 0 Å². The van der Waals surface area contributed by atoms with Crippen LogP contribution in [0.15, 0.2) is 24.3 Å². The maximum absolute atomic E-state index is 9.62. The normalized spacial score (nSPS) is 16.6. The van der Waals surface area contributed by atoms with Crippen LogP contribution in [0.1, 0.15) is 44.1 Å². The topological polar surface area (TPSA) is 41.5 Å². The number of benzene rings is 1. The van der Waals surface area contributed by atoms with Gasteiger partial charge in [-0.25, -0.2) is 0 Å². The summed E-state index contributed by atoms with van der Waals surface area (Å²) in [4.78, 5) is 0. The van der Waals surface area contributed by atoms with Gasteiger partial charge in [0, 0.05) is 18.7 Å². The Morgan fingerprint density at radius 3 is 2.74 bits per heavy atom. The van der Waals surface area contributed by atoms with Crippen LogP contribution in [0, 0.1) is 0 Å². The van der Waals surface area contributed by atoms with E-state index < -0.39 is 0 Å². The molecule has 1 aromatic rings. The van der Waals surface area contributed by atoms with Gasteiger partial charge in [0.05, 0.1) is 6.10 Å². The molecule has 0 spiro atoms. The third kappa shape index (κ3) is 5.21. The van der Waals surface area contributed by atoms with Crippen molar-refractivity contribution in [2.75, 3.05) is 13.2 Å². The fourth-order valence-electron chi connectivity index (χ4n) is 2.56. The molecule has 0 heterocycles. The molecule has 0 saturated heterocycles. The van der Waals surface area contributed by atoms with Gasteiger partial charge < -0.3 is 15.2 Å². The highest BCUT2D eigenvalue weighted by atomic mass is 16.5. The van der Waals surface area contributed by atoms with Crippen molar-refractivity contribution in [3.05, 3.63) is 29.8 Å². The highest BCUT2D eigenvalue weighted by Gasteiger charge is 2.12. The molecule has 1 aromatic carbocycles. The fraction of sp³-hybridized carbons (Fsp3) is 0.625. The summed E-state index contributed by atoms with van der Waals surface area (Å²) in [6.45, 7) is 2.50. The lowest BCUT2D eigenvalue weighted by Crippen LogP contribution is -2.20. The zero-order chi connectivity index (χ0) is 13.3. The molecule has 2 N–H and O–H groups in total. The van der Waals surface area contributed by atoms with Crippen molar-refractivity contribution in [2.45, 2.75) is 51.2 Å². The van der Waals surface area contributed by atoms with Gasteiger partial charge in [-0.05, 0) is 31.9 Å². The van der Waals surface area contributed by atoms with E-state index >= 15 is 0 Å². The number of hydrogen-bond donors (Lipinski definition) is 2. The minimum absolute atomic E-state index is 0.369. The lowest BCUT2D eigenvalue weighted by atomic mass is 9.98. The highest BCUT2D eigenvalue weighted by Crippen LogP contribution is 2.20. The van der Waals surface area contributed by atoms with Gasteiger partial charge in [-0.15, -0.1) is 0 Å². The molecule has 0 aromatic heterocycles. The fourth-order valence-corrected chi connectivity index (χ4v) is 2.56. The van der Waals surface area contributed by atoms with Crippen molar-refractivity contribution in [3.8, 4) is 5.75 Å². The zero-order valence-corrected chi connectivity index (χ0v) is 11.6. The Balaban J connectivity index is 1.51. The van der Waals surface area contributed by atoms with E-state index in [9.17, 15) is 5.11 Å². The second kappa shape index (κ2) is 8.18. The van der Waals surface area contributed by atoms with Crippen molar-refractivity contribution in [1.82, 2.24) is 5.32 Å². The lowest BCUT2D eigenvalue weighted by Gasteiger charge is -2.21. The SMILES string of the molecule is Oc1ccccc1CNCCCOC1CCCCC1. The number of nitrogens with one attached hydrogen (secondary N) is 1. The van der Waals surface area contributed by atoms with Crippen LogP contribution in [0.5, 0.6) is 5.75 Å². The van der Waals surface area contributed by atoms with Gasteiger partial charge in [-0.1, -0.05) is 37.5 Å². The minimum atomic E-state index is 0.369. The molecule has 2 rings (SSSR count). The molecule has 0 aliphatic heterocycles. The summed E-state index contributed by atoms with van der Waals surface area (Å²) >= 11 is 0. The maximum atomic E-state index is 9.62. The summed E-state index contributed by atoms with van der Waals surface area (Å²) in [7, 11) is 0. The average Bonchev–Trinajstić information content (AvgIpc) is 2.45. The molecule has 1 fully saturated rings. The first kappa shape index (κ1) is 14.4. The second-order valence-electron chi connectivity index (χ2n) is 5.29. The standard InChI is InChI=1S/C16H25NO2/c18-16-10-5-4-7-14(16)13-17-11-6-12-19-15-8-2-1-3-9-15/h4-5,7,10,15,17-18H,1-3,6,8-9,11-13H2. The van der Waals surface area contributed by atoms with E-state index in [1.54, 1.807) is 6.07 Å². The lowest BCUT2D eigenvalue weighted by molar-refractivity contribution is 0.0273. The molecule has 1 saturated carbocycles. The quantitative estimate of drug-likeness (QED) is 0.742. The van der Waals surface area contributed by atoms with Gasteiger partial charge in [0.1, 0.15) is 5.75 Å². The number of phenolic OH excluding ortho intramolecular Hbond substituents is 1. The number of hydrogen-bond acceptors (Lipinski definition) is 3. The van der Waals surface area contributed by atoms with E-state index in [2.05, 4.69) is 5.32 Å². The van der Waals surface area contributed by atoms with Crippen LogP contribution >= 0.6 is 0 Å². The number of rotatable bonds is 7. The van der Waals surface area contributed by atoms with Crippen molar-refractivity contribution < 1.29 is 9.84 Å². The van der Waals surface area contributed by atoms with Crippen LogP contribution in [-0.4, -0.2) is 24.4 Å². The van der Waals surface area contributed by atoms with Crippen molar-refractivity contribution in [2.24, 2.45) is 0 Å². The van der Waals surface area contributed by atoms with Crippen LogP contribution in [0.25, 0.3) is 0 Å². The van der Waals surface area contributed by atoms with E-state index in [0.717, 1.165) is 31.7 Å². The Bertz CT molecular complexity index is 362. The summed E-state index contributed by atoms with van der Waals surface area (Å²) < 4.78 is 5.87. The number of para-hydroxylation sites is 1. The number of aromatic hydroxyl groups is 1. The highest BCUT2D eigenvalue weighted by molar-refractivity contribution is 5.31. The van der Waals surface area contributed by atoms with Crippen LogP contribution in [0.4, 0.5) is 0 Å².